The van der Waals surface area contributed by atoms with Gasteiger partial charge in [-0.05, 0) is 17.7 Å². The third-order valence-electron chi connectivity index (χ3n) is 2.85. The van der Waals surface area contributed by atoms with Crippen molar-refractivity contribution in [3.63, 3.8) is 0 Å². The Morgan fingerprint density at radius 3 is 3.00 bits per heavy atom. The Morgan fingerprint density at radius 2 is 2.35 bits per heavy atom. The Morgan fingerprint density at radius 1 is 1.47 bits per heavy atom. The molecule has 0 saturated carbocycles. The molecule has 0 radical (unpaired) electrons. The molecule has 1 aliphatic heterocycles. The van der Waals surface area contributed by atoms with Gasteiger partial charge in [0.1, 0.15) is 5.75 Å². The minimum atomic E-state index is 0.197. The molecule has 2 rings (SSSR count). The lowest BCUT2D eigenvalue weighted by molar-refractivity contribution is 0.413. The minimum absolute atomic E-state index is 0.197. The molecule has 0 amide bonds. The fourth-order valence-electron chi connectivity index (χ4n) is 1.95. The maximum atomic E-state index is 5.71. The highest BCUT2D eigenvalue weighted by Crippen LogP contribution is 2.34. The van der Waals surface area contributed by atoms with E-state index in [1.165, 1.54) is 17.1 Å². The first-order valence-corrected chi connectivity index (χ1v) is 7.85. The summed E-state index contributed by atoms with van der Waals surface area (Å²) in [6.07, 6.45) is 0. The second kappa shape index (κ2) is 6.54. The van der Waals surface area contributed by atoms with Gasteiger partial charge in [0.05, 0.1) is 13.2 Å². The van der Waals surface area contributed by atoms with Gasteiger partial charge in [-0.15, -0.1) is 0 Å². The maximum Gasteiger partial charge on any atom is 0.119 e. The number of benzene rings is 1. The molecule has 0 aliphatic carbocycles. The summed E-state index contributed by atoms with van der Waals surface area (Å²) in [5.74, 6) is 10.2. The number of hydrogen-bond donors (Lipinski definition) is 2. The lowest BCUT2D eigenvalue weighted by Gasteiger charge is -2.29. The van der Waals surface area contributed by atoms with E-state index < -0.39 is 0 Å². The number of ether oxygens (including phenoxy) is 1. The second-order valence-corrected chi connectivity index (χ2v) is 6.40. The third kappa shape index (κ3) is 3.31. The van der Waals surface area contributed by atoms with E-state index in [2.05, 4.69) is 17.6 Å². The number of hydrogen-bond acceptors (Lipinski definition) is 5. The van der Waals surface area contributed by atoms with Crippen LogP contribution >= 0.6 is 23.5 Å². The van der Waals surface area contributed by atoms with Gasteiger partial charge < -0.3 is 4.74 Å². The summed E-state index contributed by atoms with van der Waals surface area (Å²) in [5, 5.41) is 0.533. The van der Waals surface area contributed by atoms with Gasteiger partial charge in [-0.3, -0.25) is 11.3 Å². The van der Waals surface area contributed by atoms with E-state index in [1.807, 2.05) is 35.7 Å². The van der Waals surface area contributed by atoms with Gasteiger partial charge in [-0.2, -0.15) is 23.5 Å². The summed E-state index contributed by atoms with van der Waals surface area (Å²) in [7, 11) is 1.69. The van der Waals surface area contributed by atoms with Crippen molar-refractivity contribution < 1.29 is 4.74 Å². The Bertz CT molecular complexity index is 356. The van der Waals surface area contributed by atoms with Crippen molar-refractivity contribution in [3.8, 4) is 5.75 Å². The molecule has 2 unspecified atom stereocenters. The Balaban J connectivity index is 2.15. The minimum Gasteiger partial charge on any atom is -0.497 e. The van der Waals surface area contributed by atoms with E-state index >= 15 is 0 Å². The average molecular weight is 270 g/mol. The fraction of sp³-hybridized carbons (Fsp3) is 0.500. The summed E-state index contributed by atoms with van der Waals surface area (Å²) in [5.41, 5.74) is 4.15. The number of methoxy groups -OCH3 is 1. The van der Waals surface area contributed by atoms with Gasteiger partial charge in [0.15, 0.2) is 0 Å². The smallest absolute Gasteiger partial charge is 0.119 e. The largest absolute Gasteiger partial charge is 0.497 e. The van der Waals surface area contributed by atoms with Crippen LogP contribution in [0.1, 0.15) is 11.6 Å². The lowest BCUT2D eigenvalue weighted by atomic mass is 10.0. The monoisotopic (exact) mass is 270 g/mol. The maximum absolute atomic E-state index is 5.71. The van der Waals surface area contributed by atoms with Crippen LogP contribution in [0.4, 0.5) is 0 Å². The predicted molar refractivity (Wildman–Crippen MR) is 76.6 cm³/mol. The van der Waals surface area contributed by atoms with Crippen LogP contribution in [0.5, 0.6) is 5.75 Å². The highest BCUT2D eigenvalue weighted by molar-refractivity contribution is 8.06. The number of nitrogens with one attached hydrogen (secondary N) is 1. The fourth-order valence-corrected chi connectivity index (χ4v) is 4.80. The van der Waals surface area contributed by atoms with E-state index in [4.69, 9.17) is 10.6 Å². The van der Waals surface area contributed by atoms with Crippen LogP contribution in [-0.4, -0.2) is 29.6 Å². The van der Waals surface area contributed by atoms with E-state index in [0.717, 1.165) is 11.5 Å². The first-order valence-electron chi connectivity index (χ1n) is 5.64. The SMILES string of the molecule is COc1cccc(C(NN)C2CSCCS2)c1. The van der Waals surface area contributed by atoms with Crippen LogP contribution < -0.4 is 16.0 Å². The van der Waals surface area contributed by atoms with E-state index in [1.54, 1.807) is 7.11 Å². The van der Waals surface area contributed by atoms with Crippen molar-refractivity contribution in [2.75, 3.05) is 24.4 Å². The molecule has 1 heterocycles. The zero-order valence-corrected chi connectivity index (χ0v) is 11.5. The number of nitrogens with two attached hydrogens (primary N) is 1. The van der Waals surface area contributed by atoms with Crippen LogP contribution in [0.3, 0.4) is 0 Å². The molecule has 2 atom stereocenters. The molecule has 17 heavy (non-hydrogen) atoms. The quantitative estimate of drug-likeness (QED) is 0.648. The van der Waals surface area contributed by atoms with E-state index in [0.29, 0.717) is 5.25 Å². The number of hydrazine groups is 1. The standard InChI is InChI=1S/C12H18N2OS2/c1-15-10-4-2-3-9(7-10)12(14-13)11-8-16-5-6-17-11/h2-4,7,11-12,14H,5-6,8,13H2,1H3. The molecule has 0 aromatic heterocycles. The highest BCUT2D eigenvalue weighted by Gasteiger charge is 2.25. The second-order valence-electron chi connectivity index (χ2n) is 3.91. The number of thioether (sulfide) groups is 2. The normalized spacial score (nSPS) is 22.1. The molecule has 94 valence electrons. The van der Waals surface area contributed by atoms with Crippen molar-refractivity contribution in [1.29, 1.82) is 0 Å². The highest BCUT2D eigenvalue weighted by atomic mass is 32.2. The summed E-state index contributed by atoms with van der Waals surface area (Å²) in [4.78, 5) is 0. The van der Waals surface area contributed by atoms with E-state index in [9.17, 15) is 0 Å². The molecular weight excluding hydrogens is 252 g/mol. The summed E-state index contributed by atoms with van der Waals surface area (Å²) in [6.45, 7) is 0. The topological polar surface area (TPSA) is 47.3 Å². The Hall–Kier alpha value is -0.360. The van der Waals surface area contributed by atoms with Crippen LogP contribution in [-0.2, 0) is 0 Å². The zero-order chi connectivity index (χ0) is 12.1. The average Bonchev–Trinajstić information content (AvgIpc) is 2.41. The van der Waals surface area contributed by atoms with E-state index in [-0.39, 0.29) is 6.04 Å². The lowest BCUT2D eigenvalue weighted by Crippen LogP contribution is -2.37. The Labute approximate surface area is 111 Å². The van der Waals surface area contributed by atoms with Crippen molar-refractivity contribution in [2.45, 2.75) is 11.3 Å². The van der Waals surface area contributed by atoms with Crippen molar-refractivity contribution in [1.82, 2.24) is 5.43 Å². The van der Waals surface area contributed by atoms with Gasteiger partial charge in [0.25, 0.3) is 0 Å². The number of rotatable bonds is 4. The molecule has 1 aromatic rings. The summed E-state index contributed by atoms with van der Waals surface area (Å²) in [6, 6.07) is 8.33. The van der Waals surface area contributed by atoms with Crippen LogP contribution in [0, 0.1) is 0 Å². The molecule has 3 nitrogen and oxygen atoms in total. The van der Waals surface area contributed by atoms with Crippen molar-refractivity contribution in [2.24, 2.45) is 5.84 Å². The van der Waals surface area contributed by atoms with Gasteiger partial charge in [0, 0.05) is 22.5 Å². The van der Waals surface area contributed by atoms with Crippen LogP contribution in [0.2, 0.25) is 0 Å². The molecule has 1 saturated heterocycles. The van der Waals surface area contributed by atoms with Gasteiger partial charge in [-0.1, -0.05) is 12.1 Å². The van der Waals surface area contributed by atoms with Gasteiger partial charge in [-0.25, -0.2) is 0 Å². The van der Waals surface area contributed by atoms with Crippen LogP contribution in [0.25, 0.3) is 0 Å². The first-order chi connectivity index (χ1) is 8.35. The molecule has 5 heteroatoms. The molecular formula is C12H18N2OS2. The zero-order valence-electron chi connectivity index (χ0n) is 9.89. The third-order valence-corrected chi connectivity index (χ3v) is 5.71. The summed E-state index contributed by atoms with van der Waals surface area (Å²) < 4.78 is 5.26. The molecule has 3 N–H and O–H groups in total. The van der Waals surface area contributed by atoms with Crippen LogP contribution in [0.15, 0.2) is 24.3 Å². The Kier molecular flexibility index (Phi) is 5.03. The molecule has 1 aliphatic rings. The molecule has 1 aromatic carbocycles. The first kappa shape index (κ1) is 13.1. The van der Waals surface area contributed by atoms with Gasteiger partial charge in [0.2, 0.25) is 0 Å². The molecule has 0 spiro atoms. The van der Waals surface area contributed by atoms with Crippen molar-refractivity contribution in [3.05, 3.63) is 29.8 Å². The van der Waals surface area contributed by atoms with Gasteiger partial charge >= 0.3 is 0 Å². The molecule has 0 bridgehead atoms. The molecule has 1 fully saturated rings. The van der Waals surface area contributed by atoms with Crippen molar-refractivity contribution >= 4 is 23.5 Å². The predicted octanol–water partition coefficient (Wildman–Crippen LogP) is 2.05. The summed E-state index contributed by atoms with van der Waals surface area (Å²) >= 11 is 4.00.